The van der Waals surface area contributed by atoms with Crippen LogP contribution in [0.15, 0.2) is 12.4 Å². The van der Waals surface area contributed by atoms with Crippen molar-refractivity contribution in [3.05, 3.63) is 18.1 Å². The number of aryl methyl sites for hydroxylation is 1. The Kier molecular flexibility index (Phi) is 3.57. The summed E-state index contributed by atoms with van der Waals surface area (Å²) < 4.78 is 0. The highest BCUT2D eigenvalue weighted by atomic mass is 79.9. The number of nitrogens with zero attached hydrogens (tertiary/aromatic N) is 3. The maximum Gasteiger partial charge on any atom is 0.150 e. The van der Waals surface area contributed by atoms with Crippen LogP contribution in [0.4, 0.5) is 5.82 Å². The van der Waals surface area contributed by atoms with E-state index in [2.05, 4.69) is 30.8 Å². The molecule has 3 nitrogen and oxygen atoms in total. The van der Waals surface area contributed by atoms with Crippen LogP contribution in [0.3, 0.4) is 0 Å². The predicted octanol–water partition coefficient (Wildman–Crippen LogP) is 2.54. The summed E-state index contributed by atoms with van der Waals surface area (Å²) in [5, 5.41) is 1.02. The Morgan fingerprint density at radius 1 is 1.40 bits per heavy atom. The van der Waals surface area contributed by atoms with Crippen molar-refractivity contribution < 1.29 is 0 Å². The molecule has 0 amide bonds. The van der Waals surface area contributed by atoms with Gasteiger partial charge in [-0.25, -0.2) is 4.98 Å². The molecule has 0 aliphatic carbocycles. The van der Waals surface area contributed by atoms with Crippen LogP contribution in [-0.2, 0) is 0 Å². The lowest BCUT2D eigenvalue weighted by Crippen LogP contribution is -2.41. The monoisotopic (exact) mass is 269 g/mol. The summed E-state index contributed by atoms with van der Waals surface area (Å²) in [6, 6.07) is 0.578. The van der Waals surface area contributed by atoms with Crippen molar-refractivity contribution in [3.8, 4) is 0 Å². The number of anilines is 1. The molecule has 0 saturated carbocycles. The smallest absolute Gasteiger partial charge is 0.150 e. The zero-order chi connectivity index (χ0) is 10.7. The first-order valence-corrected chi connectivity index (χ1v) is 6.55. The van der Waals surface area contributed by atoms with Gasteiger partial charge in [-0.2, -0.15) is 0 Å². The van der Waals surface area contributed by atoms with Crippen molar-refractivity contribution in [2.24, 2.45) is 0 Å². The van der Waals surface area contributed by atoms with Crippen LogP contribution in [0.2, 0.25) is 0 Å². The van der Waals surface area contributed by atoms with Gasteiger partial charge in [-0.1, -0.05) is 15.9 Å². The third kappa shape index (κ3) is 2.30. The Morgan fingerprint density at radius 2 is 2.20 bits per heavy atom. The maximum absolute atomic E-state index is 4.44. The van der Waals surface area contributed by atoms with Crippen LogP contribution < -0.4 is 4.90 Å². The quantitative estimate of drug-likeness (QED) is 0.773. The van der Waals surface area contributed by atoms with Crippen molar-refractivity contribution in [1.29, 1.82) is 0 Å². The van der Waals surface area contributed by atoms with Crippen LogP contribution in [0.25, 0.3) is 0 Å². The molecule has 1 aromatic heterocycles. The van der Waals surface area contributed by atoms with Crippen LogP contribution in [0.5, 0.6) is 0 Å². The molecule has 0 aromatic carbocycles. The second-order valence-electron chi connectivity index (χ2n) is 3.96. The van der Waals surface area contributed by atoms with E-state index in [1.54, 1.807) is 12.4 Å². The number of hydrogen-bond acceptors (Lipinski definition) is 3. The third-order valence-corrected chi connectivity index (χ3v) is 3.68. The Balaban J connectivity index is 2.24. The second-order valence-corrected chi connectivity index (χ2v) is 4.61. The first-order chi connectivity index (χ1) is 7.33. The maximum atomic E-state index is 4.44. The first-order valence-electron chi connectivity index (χ1n) is 5.43. The highest BCUT2D eigenvalue weighted by molar-refractivity contribution is 9.09. The largest absolute Gasteiger partial charge is 0.351 e. The summed E-state index contributed by atoms with van der Waals surface area (Å²) in [4.78, 5) is 11.1. The minimum Gasteiger partial charge on any atom is -0.351 e. The highest BCUT2D eigenvalue weighted by Crippen LogP contribution is 2.25. The molecule has 1 aliphatic heterocycles. The average Bonchev–Trinajstić information content (AvgIpc) is 2.30. The van der Waals surface area contributed by atoms with E-state index >= 15 is 0 Å². The molecule has 1 atom stereocenters. The van der Waals surface area contributed by atoms with Crippen LogP contribution in [0, 0.1) is 6.92 Å². The lowest BCUT2D eigenvalue weighted by molar-refractivity contribution is 0.486. The summed E-state index contributed by atoms with van der Waals surface area (Å²) in [5.74, 6) is 1.06. The fourth-order valence-corrected chi connectivity index (χ4v) is 2.80. The zero-order valence-corrected chi connectivity index (χ0v) is 10.6. The molecule has 82 valence electrons. The van der Waals surface area contributed by atoms with Crippen molar-refractivity contribution >= 4 is 21.7 Å². The van der Waals surface area contributed by atoms with E-state index in [1.807, 2.05) is 6.92 Å². The summed E-state index contributed by atoms with van der Waals surface area (Å²) in [5.41, 5.74) is 1.03. The van der Waals surface area contributed by atoms with E-state index in [9.17, 15) is 0 Å². The predicted molar refractivity (Wildman–Crippen MR) is 65.5 cm³/mol. The molecule has 1 fully saturated rings. The first kappa shape index (κ1) is 10.9. The Morgan fingerprint density at radius 3 is 2.93 bits per heavy atom. The zero-order valence-electron chi connectivity index (χ0n) is 8.99. The minimum absolute atomic E-state index is 0.578. The Labute approximate surface area is 99.0 Å². The lowest BCUT2D eigenvalue weighted by atomic mass is 10.0. The van der Waals surface area contributed by atoms with Gasteiger partial charge in [0.2, 0.25) is 0 Å². The summed E-state index contributed by atoms with van der Waals surface area (Å²) in [6.45, 7) is 3.14. The molecule has 0 bridgehead atoms. The van der Waals surface area contributed by atoms with Gasteiger partial charge >= 0.3 is 0 Å². The molecule has 0 N–H and O–H groups in total. The van der Waals surface area contributed by atoms with Crippen LogP contribution in [-0.4, -0.2) is 27.9 Å². The summed E-state index contributed by atoms with van der Waals surface area (Å²) in [6.07, 6.45) is 7.38. The Bertz CT molecular complexity index is 329. The molecule has 0 radical (unpaired) electrons. The number of aromatic nitrogens is 2. The molecule has 1 unspecified atom stereocenters. The number of piperidine rings is 1. The molecule has 1 saturated heterocycles. The summed E-state index contributed by atoms with van der Waals surface area (Å²) >= 11 is 3.58. The van der Waals surface area contributed by atoms with E-state index in [0.29, 0.717) is 6.04 Å². The minimum atomic E-state index is 0.578. The third-order valence-electron chi connectivity index (χ3n) is 2.93. The molecule has 1 aromatic rings. The average molecular weight is 270 g/mol. The van der Waals surface area contributed by atoms with Crippen LogP contribution >= 0.6 is 15.9 Å². The van der Waals surface area contributed by atoms with Gasteiger partial charge in [0.15, 0.2) is 0 Å². The molecule has 2 heterocycles. The van der Waals surface area contributed by atoms with E-state index < -0.39 is 0 Å². The standard InChI is InChI=1S/C11H16BrN3/c1-9-11(14-6-5-13-9)15-7-3-2-4-10(15)8-12/h5-6,10H,2-4,7-8H2,1H3. The van der Waals surface area contributed by atoms with Gasteiger partial charge in [-0.05, 0) is 26.2 Å². The van der Waals surface area contributed by atoms with Gasteiger partial charge in [0.05, 0.1) is 5.69 Å². The number of halogens is 1. The van der Waals surface area contributed by atoms with Crippen molar-refractivity contribution in [2.45, 2.75) is 32.2 Å². The molecule has 4 heteroatoms. The highest BCUT2D eigenvalue weighted by Gasteiger charge is 2.23. The molecule has 1 aliphatic rings. The number of hydrogen-bond donors (Lipinski definition) is 0. The van der Waals surface area contributed by atoms with Crippen LogP contribution in [0.1, 0.15) is 25.0 Å². The van der Waals surface area contributed by atoms with Crippen molar-refractivity contribution in [3.63, 3.8) is 0 Å². The van der Waals surface area contributed by atoms with Crippen molar-refractivity contribution in [1.82, 2.24) is 9.97 Å². The van der Waals surface area contributed by atoms with Crippen molar-refractivity contribution in [2.75, 3.05) is 16.8 Å². The molecular weight excluding hydrogens is 254 g/mol. The van der Waals surface area contributed by atoms with Gasteiger partial charge in [-0.15, -0.1) is 0 Å². The number of alkyl halides is 1. The van der Waals surface area contributed by atoms with E-state index in [0.717, 1.165) is 23.4 Å². The van der Waals surface area contributed by atoms with Gasteiger partial charge in [0.1, 0.15) is 5.82 Å². The molecule has 15 heavy (non-hydrogen) atoms. The van der Waals surface area contributed by atoms with E-state index in [1.165, 1.54) is 19.3 Å². The molecule has 2 rings (SSSR count). The van der Waals surface area contributed by atoms with Gasteiger partial charge < -0.3 is 4.90 Å². The van der Waals surface area contributed by atoms with Gasteiger partial charge in [-0.3, -0.25) is 4.98 Å². The SMILES string of the molecule is Cc1nccnc1N1CCCCC1CBr. The fourth-order valence-electron chi connectivity index (χ4n) is 2.12. The van der Waals surface area contributed by atoms with E-state index in [4.69, 9.17) is 0 Å². The van der Waals surface area contributed by atoms with Gasteiger partial charge in [0, 0.05) is 30.3 Å². The molecule has 0 spiro atoms. The second kappa shape index (κ2) is 4.92. The van der Waals surface area contributed by atoms with Gasteiger partial charge in [0.25, 0.3) is 0 Å². The Hall–Kier alpha value is -0.640. The lowest BCUT2D eigenvalue weighted by Gasteiger charge is -2.36. The summed E-state index contributed by atoms with van der Waals surface area (Å²) in [7, 11) is 0. The normalized spacial score (nSPS) is 21.7. The number of rotatable bonds is 2. The van der Waals surface area contributed by atoms with E-state index in [-0.39, 0.29) is 0 Å². The topological polar surface area (TPSA) is 29.0 Å². The molecular formula is C11H16BrN3. The fraction of sp³-hybridized carbons (Fsp3) is 0.636.